The molecule has 0 saturated heterocycles. The Balaban J connectivity index is 4.23. The monoisotopic (exact) mass is 827 g/mol. The predicted octanol–water partition coefficient (Wildman–Crippen LogP) is 16.3. The van der Waals surface area contributed by atoms with Gasteiger partial charge in [0.2, 0.25) is 0 Å². The minimum atomic E-state index is -0.804. The minimum Gasteiger partial charge on any atom is -0.462 e. The lowest BCUT2D eigenvalue weighted by atomic mass is 10.0. The molecule has 0 spiro atoms. The van der Waals surface area contributed by atoms with Gasteiger partial charge >= 0.3 is 17.9 Å². The van der Waals surface area contributed by atoms with Gasteiger partial charge in [0.05, 0.1) is 0 Å². The molecule has 0 rings (SSSR count). The van der Waals surface area contributed by atoms with E-state index in [4.69, 9.17) is 14.2 Å². The quantitative estimate of drug-likeness (QED) is 0.0263. The van der Waals surface area contributed by atoms with Crippen molar-refractivity contribution in [3.63, 3.8) is 0 Å². The van der Waals surface area contributed by atoms with E-state index in [0.29, 0.717) is 19.3 Å². The summed E-state index contributed by atoms with van der Waals surface area (Å²) < 4.78 is 16.6. The number of allylic oxidation sites excluding steroid dienone is 8. The fourth-order valence-electron chi connectivity index (χ4n) is 7.10. The lowest BCUT2D eigenvalue weighted by molar-refractivity contribution is -0.166. The average molecular weight is 827 g/mol. The maximum absolute atomic E-state index is 12.7. The highest BCUT2D eigenvalue weighted by molar-refractivity contribution is 5.71. The van der Waals surface area contributed by atoms with Crippen LogP contribution in [0.2, 0.25) is 0 Å². The molecule has 0 heterocycles. The molecule has 342 valence electrons. The van der Waals surface area contributed by atoms with Crippen molar-refractivity contribution >= 4 is 17.9 Å². The molecule has 0 saturated carbocycles. The Morgan fingerprint density at radius 1 is 0.356 bits per heavy atom. The number of carbonyl (C=O) groups is 3. The SMILES string of the molecule is CC/C=C\C/C=C\C/C=C\C/C=C\CCC(=O)OC(COC(=O)CCCCCCCCC)COC(=O)CCCCCCCCCCCCCCCCCCCCCCC. The third-order valence-electron chi connectivity index (χ3n) is 10.9. The van der Waals surface area contributed by atoms with E-state index in [1.54, 1.807) is 0 Å². The summed E-state index contributed by atoms with van der Waals surface area (Å²) in [7, 11) is 0. The van der Waals surface area contributed by atoms with Crippen LogP contribution in [0.5, 0.6) is 0 Å². The smallest absolute Gasteiger partial charge is 0.306 e. The van der Waals surface area contributed by atoms with Crippen LogP contribution in [0.4, 0.5) is 0 Å². The molecule has 0 bridgehead atoms. The molecule has 0 aromatic rings. The first-order valence-corrected chi connectivity index (χ1v) is 25.1. The number of hydrogen-bond donors (Lipinski definition) is 0. The summed E-state index contributed by atoms with van der Waals surface area (Å²) in [4.78, 5) is 37.7. The number of rotatable bonds is 45. The van der Waals surface area contributed by atoms with Crippen LogP contribution in [0.25, 0.3) is 0 Å². The molecule has 6 heteroatoms. The average Bonchev–Trinajstić information content (AvgIpc) is 3.23. The van der Waals surface area contributed by atoms with Gasteiger partial charge in [-0.25, -0.2) is 0 Å². The van der Waals surface area contributed by atoms with Gasteiger partial charge in [0.15, 0.2) is 6.10 Å². The van der Waals surface area contributed by atoms with Crippen molar-refractivity contribution in [1.82, 2.24) is 0 Å². The summed E-state index contributed by atoms with van der Waals surface area (Å²) in [5.74, 6) is -0.982. The number of hydrogen-bond acceptors (Lipinski definition) is 6. The summed E-state index contributed by atoms with van der Waals surface area (Å²) in [6.45, 7) is 6.43. The standard InChI is InChI=1S/C53H94O6/c1-4-7-10-13-16-18-20-22-23-24-25-26-27-28-29-31-32-34-37-40-43-46-52(55)58-49-50(48-57-51(54)45-42-39-36-15-12-9-6-3)59-53(56)47-44-41-38-35-33-30-21-19-17-14-11-8-5-2/h8,11,17,19,30,33,38,41,50H,4-7,9-10,12-16,18,20-29,31-32,34-37,39-40,42-49H2,1-3H3/b11-8-,19-17-,33-30-,41-38-. The zero-order valence-corrected chi connectivity index (χ0v) is 39.0. The van der Waals surface area contributed by atoms with Gasteiger partial charge in [0, 0.05) is 19.3 Å². The molecule has 0 fully saturated rings. The molecule has 0 aliphatic carbocycles. The van der Waals surface area contributed by atoms with E-state index in [2.05, 4.69) is 57.2 Å². The van der Waals surface area contributed by atoms with Crippen LogP contribution in [0, 0.1) is 0 Å². The van der Waals surface area contributed by atoms with Crippen LogP contribution in [0.15, 0.2) is 48.6 Å². The molecule has 0 aromatic heterocycles. The van der Waals surface area contributed by atoms with Crippen molar-refractivity contribution in [2.45, 2.75) is 258 Å². The van der Waals surface area contributed by atoms with Gasteiger partial charge in [-0.1, -0.05) is 236 Å². The van der Waals surface area contributed by atoms with E-state index in [-0.39, 0.29) is 37.5 Å². The normalized spacial score (nSPS) is 12.4. The number of ether oxygens (including phenoxy) is 3. The Kier molecular flexibility index (Phi) is 45.9. The van der Waals surface area contributed by atoms with Crippen LogP contribution in [-0.4, -0.2) is 37.2 Å². The molecule has 0 aliphatic heterocycles. The van der Waals surface area contributed by atoms with Crippen LogP contribution < -0.4 is 0 Å². The van der Waals surface area contributed by atoms with E-state index in [0.717, 1.165) is 64.2 Å². The van der Waals surface area contributed by atoms with E-state index in [1.807, 2.05) is 12.2 Å². The van der Waals surface area contributed by atoms with Crippen molar-refractivity contribution in [1.29, 1.82) is 0 Å². The molecule has 0 radical (unpaired) electrons. The molecule has 0 aliphatic rings. The van der Waals surface area contributed by atoms with Gasteiger partial charge in [-0.05, 0) is 44.9 Å². The Morgan fingerprint density at radius 2 is 0.661 bits per heavy atom. The highest BCUT2D eigenvalue weighted by Gasteiger charge is 2.19. The first-order valence-electron chi connectivity index (χ1n) is 25.1. The van der Waals surface area contributed by atoms with E-state index in [1.165, 1.54) is 141 Å². The summed E-state index contributed by atoms with van der Waals surface area (Å²) in [5.41, 5.74) is 0. The number of carbonyl (C=O) groups excluding carboxylic acids is 3. The van der Waals surface area contributed by atoms with Crippen LogP contribution >= 0.6 is 0 Å². The van der Waals surface area contributed by atoms with Crippen molar-refractivity contribution in [2.75, 3.05) is 13.2 Å². The highest BCUT2D eigenvalue weighted by Crippen LogP contribution is 2.16. The molecule has 0 amide bonds. The second-order valence-electron chi connectivity index (χ2n) is 16.7. The molecular weight excluding hydrogens is 733 g/mol. The van der Waals surface area contributed by atoms with E-state index in [9.17, 15) is 14.4 Å². The predicted molar refractivity (Wildman–Crippen MR) is 252 cm³/mol. The molecule has 1 atom stereocenters. The largest absolute Gasteiger partial charge is 0.462 e. The van der Waals surface area contributed by atoms with E-state index >= 15 is 0 Å². The van der Waals surface area contributed by atoms with Crippen molar-refractivity contribution in [2.24, 2.45) is 0 Å². The first-order chi connectivity index (χ1) is 29.0. The van der Waals surface area contributed by atoms with Crippen molar-refractivity contribution < 1.29 is 28.6 Å². The van der Waals surface area contributed by atoms with Crippen LogP contribution in [0.1, 0.15) is 252 Å². The third kappa shape index (κ3) is 46.3. The van der Waals surface area contributed by atoms with Gasteiger partial charge in [-0.15, -0.1) is 0 Å². The lowest BCUT2D eigenvalue weighted by Crippen LogP contribution is -2.30. The van der Waals surface area contributed by atoms with Crippen molar-refractivity contribution in [3.05, 3.63) is 48.6 Å². The third-order valence-corrected chi connectivity index (χ3v) is 10.9. The van der Waals surface area contributed by atoms with Crippen LogP contribution in [-0.2, 0) is 28.6 Å². The lowest BCUT2D eigenvalue weighted by Gasteiger charge is -2.18. The molecular formula is C53H94O6. The Labute approximate surface area is 365 Å². The van der Waals surface area contributed by atoms with Gasteiger partial charge < -0.3 is 14.2 Å². The fraction of sp³-hybridized carbons (Fsp3) is 0.792. The van der Waals surface area contributed by atoms with Gasteiger partial charge in [0.1, 0.15) is 13.2 Å². The number of esters is 3. The topological polar surface area (TPSA) is 78.9 Å². The van der Waals surface area contributed by atoms with Crippen LogP contribution in [0.3, 0.4) is 0 Å². The Hall–Kier alpha value is -2.63. The summed E-state index contributed by atoms with van der Waals surface area (Å²) in [6.07, 6.45) is 57.1. The second kappa shape index (κ2) is 48.0. The fourth-order valence-corrected chi connectivity index (χ4v) is 7.10. The second-order valence-corrected chi connectivity index (χ2v) is 16.7. The molecule has 1 unspecified atom stereocenters. The van der Waals surface area contributed by atoms with Gasteiger partial charge in [-0.3, -0.25) is 14.4 Å². The van der Waals surface area contributed by atoms with E-state index < -0.39 is 6.10 Å². The van der Waals surface area contributed by atoms with Gasteiger partial charge in [-0.2, -0.15) is 0 Å². The summed E-state index contributed by atoms with van der Waals surface area (Å²) in [5, 5.41) is 0. The zero-order valence-electron chi connectivity index (χ0n) is 39.0. The first kappa shape index (κ1) is 56.4. The minimum absolute atomic E-state index is 0.0987. The molecule has 6 nitrogen and oxygen atoms in total. The van der Waals surface area contributed by atoms with Crippen molar-refractivity contribution in [3.8, 4) is 0 Å². The number of unbranched alkanes of at least 4 members (excludes halogenated alkanes) is 26. The molecule has 59 heavy (non-hydrogen) atoms. The summed E-state index contributed by atoms with van der Waals surface area (Å²) >= 11 is 0. The maximum atomic E-state index is 12.7. The molecule has 0 aromatic carbocycles. The Bertz CT molecular complexity index is 1040. The highest BCUT2D eigenvalue weighted by atomic mass is 16.6. The van der Waals surface area contributed by atoms with Gasteiger partial charge in [0.25, 0.3) is 0 Å². The Morgan fingerprint density at radius 3 is 1.00 bits per heavy atom. The maximum Gasteiger partial charge on any atom is 0.306 e. The zero-order chi connectivity index (χ0) is 43.0. The summed E-state index contributed by atoms with van der Waals surface area (Å²) in [6, 6.07) is 0. The molecule has 0 N–H and O–H groups in total.